The summed E-state index contributed by atoms with van der Waals surface area (Å²) in [7, 11) is 1.73. The predicted molar refractivity (Wildman–Crippen MR) is 145 cm³/mol. The maximum Gasteiger partial charge on any atom is 0.251 e. The maximum atomic E-state index is 11.9. The second kappa shape index (κ2) is 12.5. The summed E-state index contributed by atoms with van der Waals surface area (Å²) >= 11 is 6.16. The molecule has 0 saturated carbocycles. The molecule has 1 saturated heterocycles. The van der Waals surface area contributed by atoms with Crippen LogP contribution in [0.3, 0.4) is 0 Å². The Kier molecular flexibility index (Phi) is 9.47. The van der Waals surface area contributed by atoms with Crippen LogP contribution < -0.4 is 5.56 Å². The van der Waals surface area contributed by atoms with Crippen molar-refractivity contribution in [3.05, 3.63) is 80.9 Å². The van der Waals surface area contributed by atoms with Gasteiger partial charge < -0.3 is 19.3 Å². The minimum atomic E-state index is -0.206. The Balaban J connectivity index is 0.00000176. The molecule has 0 bridgehead atoms. The van der Waals surface area contributed by atoms with Gasteiger partial charge in [-0.05, 0) is 44.4 Å². The van der Waals surface area contributed by atoms with Gasteiger partial charge in [-0.2, -0.15) is 0 Å². The number of H-pyrrole nitrogens is 1. The zero-order chi connectivity index (χ0) is 26.2. The Morgan fingerprint density at radius 1 is 1.25 bits per heavy atom. The van der Waals surface area contributed by atoms with Crippen LogP contribution in [-0.2, 0) is 0 Å². The molecule has 3 heterocycles. The molecule has 36 heavy (non-hydrogen) atoms. The van der Waals surface area contributed by atoms with E-state index >= 15 is 0 Å². The Labute approximate surface area is 217 Å². The number of amidine groups is 1. The Morgan fingerprint density at radius 3 is 2.69 bits per heavy atom. The van der Waals surface area contributed by atoms with Crippen molar-refractivity contribution in [2.45, 2.75) is 53.5 Å². The zero-order valence-electron chi connectivity index (χ0n) is 21.9. The van der Waals surface area contributed by atoms with Gasteiger partial charge in [-0.1, -0.05) is 49.7 Å². The number of allylic oxidation sites excluding steroid dienone is 1. The first-order valence-electron chi connectivity index (χ1n) is 12.4. The largest absolute Gasteiger partial charge is 0.356 e. The summed E-state index contributed by atoms with van der Waals surface area (Å²) in [5.41, 5.74) is 3.28. The number of nitrogens with zero attached hydrogens (tertiary/aromatic N) is 5. The molecule has 0 spiro atoms. The second-order valence-corrected chi connectivity index (χ2v) is 8.74. The van der Waals surface area contributed by atoms with Gasteiger partial charge in [-0.3, -0.25) is 9.79 Å². The van der Waals surface area contributed by atoms with Crippen molar-refractivity contribution in [3.8, 4) is 11.3 Å². The first kappa shape index (κ1) is 27.2. The molecule has 9 heteroatoms. The second-order valence-electron chi connectivity index (χ2n) is 8.30. The molecule has 1 N–H and O–H groups in total. The number of halogens is 1. The summed E-state index contributed by atoms with van der Waals surface area (Å²) in [5, 5.41) is 5.04. The fourth-order valence-corrected chi connectivity index (χ4v) is 4.46. The normalized spacial score (nSPS) is 16.4. The van der Waals surface area contributed by atoms with E-state index in [2.05, 4.69) is 50.7 Å². The van der Waals surface area contributed by atoms with Gasteiger partial charge in [0.15, 0.2) is 11.6 Å². The van der Waals surface area contributed by atoms with Crippen molar-refractivity contribution in [2.75, 3.05) is 20.1 Å². The van der Waals surface area contributed by atoms with Crippen LogP contribution in [0.15, 0.2) is 68.4 Å². The average Bonchev–Trinajstić information content (AvgIpc) is 3.40. The van der Waals surface area contributed by atoms with Gasteiger partial charge in [0.1, 0.15) is 17.2 Å². The van der Waals surface area contributed by atoms with Gasteiger partial charge in [0.05, 0.1) is 12.4 Å². The fraction of sp³-hybridized carbons (Fsp3) is 0.407. The summed E-state index contributed by atoms with van der Waals surface area (Å²) in [6, 6.07) is 11.0. The van der Waals surface area contributed by atoms with Crippen LogP contribution in [0.4, 0.5) is 0 Å². The molecular formula is C27H35ClN6O2. The Morgan fingerprint density at radius 2 is 2.03 bits per heavy atom. The molecule has 0 amide bonds. The van der Waals surface area contributed by atoms with E-state index in [9.17, 15) is 4.79 Å². The number of aromatic nitrogens is 3. The van der Waals surface area contributed by atoms with E-state index in [-0.39, 0.29) is 11.6 Å². The number of hydrogen-bond acceptors (Lipinski definition) is 6. The summed E-state index contributed by atoms with van der Waals surface area (Å²) in [4.78, 5) is 27.9. The molecule has 4 rings (SSSR count). The number of aromatic amines is 1. The molecule has 1 aliphatic rings. The highest BCUT2D eigenvalue weighted by Crippen LogP contribution is 2.34. The summed E-state index contributed by atoms with van der Waals surface area (Å²) in [6.45, 7) is 12.0. The predicted octanol–water partition coefficient (Wildman–Crippen LogP) is 5.89. The van der Waals surface area contributed by atoms with Crippen molar-refractivity contribution in [3.63, 3.8) is 0 Å². The van der Waals surface area contributed by atoms with Crippen LogP contribution in [0.1, 0.15) is 64.9 Å². The van der Waals surface area contributed by atoms with Crippen LogP contribution >= 0.6 is 11.6 Å². The maximum absolute atomic E-state index is 11.9. The van der Waals surface area contributed by atoms with Crippen molar-refractivity contribution in [1.82, 2.24) is 24.9 Å². The molecule has 0 radical (unpaired) electrons. The topological polar surface area (TPSA) is 90.6 Å². The van der Waals surface area contributed by atoms with E-state index in [1.807, 2.05) is 44.2 Å². The van der Waals surface area contributed by atoms with Gasteiger partial charge in [0, 0.05) is 42.9 Å². The lowest BCUT2D eigenvalue weighted by atomic mass is 10.1. The number of benzene rings is 1. The number of aliphatic imine (C=N–C) groups is 1. The van der Waals surface area contributed by atoms with Crippen LogP contribution in [0.5, 0.6) is 0 Å². The molecule has 0 aliphatic carbocycles. The molecule has 8 nitrogen and oxygen atoms in total. The lowest BCUT2D eigenvalue weighted by Gasteiger charge is -2.44. The lowest BCUT2D eigenvalue weighted by Crippen LogP contribution is -2.47. The summed E-state index contributed by atoms with van der Waals surface area (Å²) in [5.74, 6) is 2.42. The van der Waals surface area contributed by atoms with Gasteiger partial charge in [0.2, 0.25) is 0 Å². The minimum absolute atomic E-state index is 0.0405. The lowest BCUT2D eigenvalue weighted by molar-refractivity contribution is 0.160. The molecular weight excluding hydrogens is 476 g/mol. The van der Waals surface area contributed by atoms with E-state index < -0.39 is 0 Å². The van der Waals surface area contributed by atoms with E-state index in [1.165, 1.54) is 18.0 Å². The monoisotopic (exact) mass is 510 g/mol. The van der Waals surface area contributed by atoms with Crippen LogP contribution in [-0.4, -0.2) is 50.9 Å². The third-order valence-corrected chi connectivity index (χ3v) is 6.36. The van der Waals surface area contributed by atoms with Crippen molar-refractivity contribution in [1.29, 1.82) is 0 Å². The summed E-state index contributed by atoms with van der Waals surface area (Å²) < 4.78 is 5.68. The molecule has 1 aliphatic heterocycles. The highest BCUT2D eigenvalue weighted by molar-refractivity contribution is 6.30. The first-order chi connectivity index (χ1) is 17.4. The van der Waals surface area contributed by atoms with E-state index in [0.717, 1.165) is 43.0 Å². The average molecular weight is 511 g/mol. The smallest absolute Gasteiger partial charge is 0.251 e. The molecule has 1 atom stereocenters. The summed E-state index contributed by atoms with van der Waals surface area (Å²) in [6.07, 6.45) is 3.21. The molecule has 192 valence electrons. The van der Waals surface area contributed by atoms with E-state index in [0.29, 0.717) is 22.3 Å². The number of nitrogens with one attached hydrogen (secondary N) is 1. The van der Waals surface area contributed by atoms with Crippen LogP contribution in [0.2, 0.25) is 5.02 Å². The van der Waals surface area contributed by atoms with Crippen molar-refractivity contribution in [2.24, 2.45) is 4.99 Å². The SMILES string of the molecule is CC.CCC(C)=C1N(C(=NC)c2cc(=O)[nH]cn2)CCCN1C(C)c1cc(-c2cccc(Cl)c2)on1. The van der Waals surface area contributed by atoms with E-state index in [1.54, 1.807) is 7.05 Å². The molecule has 2 aromatic heterocycles. The van der Waals surface area contributed by atoms with Gasteiger partial charge in [0.25, 0.3) is 5.56 Å². The fourth-order valence-electron chi connectivity index (χ4n) is 4.27. The van der Waals surface area contributed by atoms with E-state index in [4.69, 9.17) is 16.1 Å². The zero-order valence-corrected chi connectivity index (χ0v) is 22.6. The van der Waals surface area contributed by atoms with Crippen molar-refractivity contribution < 1.29 is 4.52 Å². The standard InChI is InChI=1S/C25H29ClN6O2.C2H6/c1-5-16(2)25-31(10-7-11-32(25)24(27-4)21-14-23(33)29-15-28-21)17(3)20-13-22(34-30-20)18-8-6-9-19(26)12-18;1-2/h6,8-9,12-15,17H,5,7,10-11H2,1-4H3,(H,28,29,33);1-2H3. The Bertz CT molecular complexity index is 1280. The van der Waals surface area contributed by atoms with Crippen molar-refractivity contribution >= 4 is 17.4 Å². The van der Waals surface area contributed by atoms with Gasteiger partial charge >= 0.3 is 0 Å². The van der Waals surface area contributed by atoms with Crippen LogP contribution in [0.25, 0.3) is 11.3 Å². The highest BCUT2D eigenvalue weighted by atomic mass is 35.5. The number of hydrogen-bond donors (Lipinski definition) is 1. The molecule has 1 unspecified atom stereocenters. The highest BCUT2D eigenvalue weighted by Gasteiger charge is 2.32. The quantitative estimate of drug-likeness (QED) is 0.340. The molecule has 1 aromatic carbocycles. The van der Waals surface area contributed by atoms with Gasteiger partial charge in [-0.15, -0.1) is 0 Å². The molecule has 1 fully saturated rings. The Hall–Kier alpha value is -3.39. The van der Waals surface area contributed by atoms with Gasteiger partial charge in [-0.25, -0.2) is 4.98 Å². The third kappa shape index (κ3) is 5.87. The number of rotatable bonds is 5. The minimum Gasteiger partial charge on any atom is -0.356 e. The third-order valence-electron chi connectivity index (χ3n) is 6.13. The first-order valence-corrected chi connectivity index (χ1v) is 12.8. The molecule has 3 aromatic rings. The van der Waals surface area contributed by atoms with Crippen LogP contribution in [0, 0.1) is 0 Å².